The van der Waals surface area contributed by atoms with Crippen LogP contribution in [0, 0.1) is 17.7 Å². The van der Waals surface area contributed by atoms with Crippen molar-refractivity contribution in [2.75, 3.05) is 7.11 Å². The van der Waals surface area contributed by atoms with Gasteiger partial charge in [0.2, 0.25) is 0 Å². The van der Waals surface area contributed by atoms with Crippen LogP contribution in [0.3, 0.4) is 0 Å². The Morgan fingerprint density at radius 3 is 2.88 bits per heavy atom. The standard InChI is InChI=1S/C20H23FN2O3/c1-26-20(25)13-7-5-12(6-8-13)18(24)9-16-19-14(3-2-4-15(19)21)17-10-22-11-23(16)17/h2-4,10-13,16,18,24H,5-9H2,1H3. The molecule has 0 bridgehead atoms. The van der Waals surface area contributed by atoms with Crippen LogP contribution in [0.15, 0.2) is 30.7 Å². The number of carbonyl (C=O) groups is 1. The first kappa shape index (κ1) is 17.2. The zero-order chi connectivity index (χ0) is 18.3. The van der Waals surface area contributed by atoms with E-state index < -0.39 is 6.10 Å². The number of ether oxygens (including phenoxy) is 1. The fraction of sp³-hybridized carbons (Fsp3) is 0.500. The summed E-state index contributed by atoms with van der Waals surface area (Å²) in [4.78, 5) is 15.9. The van der Waals surface area contributed by atoms with Gasteiger partial charge < -0.3 is 14.4 Å². The number of hydrogen-bond donors (Lipinski definition) is 1. The summed E-state index contributed by atoms with van der Waals surface area (Å²) in [6.07, 6.45) is 6.40. The second kappa shape index (κ2) is 6.83. The van der Waals surface area contributed by atoms with Crippen molar-refractivity contribution in [1.82, 2.24) is 9.55 Å². The molecule has 0 spiro atoms. The highest BCUT2D eigenvalue weighted by Crippen LogP contribution is 2.44. The fourth-order valence-electron chi connectivity index (χ4n) is 4.56. The number of esters is 1. The number of rotatable bonds is 4. The van der Waals surface area contributed by atoms with Gasteiger partial charge in [-0.15, -0.1) is 0 Å². The molecular weight excluding hydrogens is 335 g/mol. The maximum atomic E-state index is 14.5. The molecule has 1 saturated carbocycles. The maximum Gasteiger partial charge on any atom is 0.308 e. The van der Waals surface area contributed by atoms with Gasteiger partial charge >= 0.3 is 5.97 Å². The molecule has 1 aromatic heterocycles. The van der Waals surface area contributed by atoms with E-state index in [1.54, 1.807) is 18.6 Å². The van der Waals surface area contributed by atoms with Gasteiger partial charge in [0.05, 0.1) is 43.4 Å². The lowest BCUT2D eigenvalue weighted by Crippen LogP contribution is -2.30. The Morgan fingerprint density at radius 2 is 2.15 bits per heavy atom. The molecule has 2 aromatic rings. The van der Waals surface area contributed by atoms with Crippen molar-refractivity contribution in [3.8, 4) is 11.3 Å². The van der Waals surface area contributed by atoms with E-state index in [4.69, 9.17) is 4.74 Å². The van der Waals surface area contributed by atoms with E-state index in [1.807, 2.05) is 10.6 Å². The summed E-state index contributed by atoms with van der Waals surface area (Å²) in [7, 11) is 1.41. The molecule has 2 aliphatic rings. The molecule has 1 aliphatic heterocycles. The van der Waals surface area contributed by atoms with Crippen molar-refractivity contribution in [1.29, 1.82) is 0 Å². The largest absolute Gasteiger partial charge is 0.469 e. The highest BCUT2D eigenvalue weighted by Gasteiger charge is 2.36. The van der Waals surface area contributed by atoms with Crippen molar-refractivity contribution < 1.29 is 19.0 Å². The fourth-order valence-corrected chi connectivity index (χ4v) is 4.56. The van der Waals surface area contributed by atoms with Crippen LogP contribution in [0.5, 0.6) is 0 Å². The Hall–Kier alpha value is -2.21. The van der Waals surface area contributed by atoms with E-state index in [1.165, 1.54) is 13.2 Å². The topological polar surface area (TPSA) is 64.3 Å². The molecule has 26 heavy (non-hydrogen) atoms. The monoisotopic (exact) mass is 358 g/mol. The number of halogens is 1. The Kier molecular flexibility index (Phi) is 4.53. The van der Waals surface area contributed by atoms with Gasteiger partial charge in [0.15, 0.2) is 0 Å². The molecule has 4 rings (SSSR count). The van der Waals surface area contributed by atoms with E-state index in [-0.39, 0.29) is 29.7 Å². The molecule has 2 atom stereocenters. The summed E-state index contributed by atoms with van der Waals surface area (Å²) in [5, 5.41) is 10.8. The lowest BCUT2D eigenvalue weighted by molar-refractivity contribution is -0.147. The van der Waals surface area contributed by atoms with Gasteiger partial charge in [0.1, 0.15) is 5.82 Å². The Balaban J connectivity index is 1.49. The first-order chi connectivity index (χ1) is 12.6. The number of nitrogens with zero attached hydrogens (tertiary/aromatic N) is 2. The second-order valence-corrected chi connectivity index (χ2v) is 7.34. The number of imidazole rings is 1. The van der Waals surface area contributed by atoms with Gasteiger partial charge in [-0.2, -0.15) is 0 Å². The third-order valence-electron chi connectivity index (χ3n) is 5.98. The Labute approximate surface area is 151 Å². The number of aliphatic hydroxyl groups excluding tert-OH is 1. The number of aromatic nitrogens is 2. The zero-order valence-electron chi connectivity index (χ0n) is 14.8. The van der Waals surface area contributed by atoms with Crippen molar-refractivity contribution in [3.05, 3.63) is 42.1 Å². The van der Waals surface area contributed by atoms with Gasteiger partial charge in [-0.3, -0.25) is 4.79 Å². The number of benzene rings is 1. The quantitative estimate of drug-likeness (QED) is 0.852. The second-order valence-electron chi connectivity index (χ2n) is 7.34. The van der Waals surface area contributed by atoms with Gasteiger partial charge in [-0.05, 0) is 44.1 Å². The summed E-state index contributed by atoms with van der Waals surface area (Å²) >= 11 is 0. The lowest BCUT2D eigenvalue weighted by atomic mass is 9.77. The van der Waals surface area contributed by atoms with E-state index in [9.17, 15) is 14.3 Å². The minimum Gasteiger partial charge on any atom is -0.469 e. The summed E-state index contributed by atoms with van der Waals surface area (Å²) in [6, 6.07) is 4.84. The lowest BCUT2D eigenvalue weighted by Gasteiger charge is -2.31. The van der Waals surface area contributed by atoms with Gasteiger partial charge in [0.25, 0.3) is 0 Å². The van der Waals surface area contributed by atoms with Crippen molar-refractivity contribution in [2.45, 2.75) is 44.2 Å². The normalized spacial score (nSPS) is 25.4. The van der Waals surface area contributed by atoms with E-state index in [2.05, 4.69) is 4.98 Å². The molecule has 2 heterocycles. The van der Waals surface area contributed by atoms with Crippen LogP contribution in [0.25, 0.3) is 11.3 Å². The average Bonchev–Trinajstić information content (AvgIpc) is 3.24. The minimum atomic E-state index is -0.542. The number of methoxy groups -OCH3 is 1. The van der Waals surface area contributed by atoms with Gasteiger partial charge in [-0.1, -0.05) is 12.1 Å². The predicted molar refractivity (Wildman–Crippen MR) is 93.8 cm³/mol. The average molecular weight is 358 g/mol. The van der Waals surface area contributed by atoms with Crippen molar-refractivity contribution in [3.63, 3.8) is 0 Å². The van der Waals surface area contributed by atoms with Crippen LogP contribution >= 0.6 is 0 Å². The number of aliphatic hydroxyl groups is 1. The van der Waals surface area contributed by atoms with Crippen molar-refractivity contribution in [2.24, 2.45) is 11.8 Å². The Bertz CT molecular complexity index is 811. The highest BCUT2D eigenvalue weighted by molar-refractivity contribution is 5.72. The molecule has 0 saturated heterocycles. The number of fused-ring (bicyclic) bond motifs is 3. The summed E-state index contributed by atoms with van der Waals surface area (Å²) in [6.45, 7) is 0. The maximum absolute atomic E-state index is 14.5. The highest BCUT2D eigenvalue weighted by atomic mass is 19.1. The van der Waals surface area contributed by atoms with E-state index >= 15 is 0 Å². The summed E-state index contributed by atoms with van der Waals surface area (Å²) in [5.74, 6) is -0.336. The zero-order valence-corrected chi connectivity index (χ0v) is 14.8. The van der Waals surface area contributed by atoms with Crippen LogP contribution in [-0.4, -0.2) is 33.8 Å². The molecule has 138 valence electrons. The summed E-state index contributed by atoms with van der Waals surface area (Å²) in [5.41, 5.74) is 2.40. The van der Waals surface area contributed by atoms with Gasteiger partial charge in [0, 0.05) is 11.1 Å². The molecule has 1 aromatic carbocycles. The molecule has 1 aliphatic carbocycles. The molecule has 0 amide bonds. The van der Waals surface area contributed by atoms with E-state index in [0.29, 0.717) is 12.0 Å². The number of carbonyl (C=O) groups excluding carboxylic acids is 1. The summed E-state index contributed by atoms with van der Waals surface area (Å²) < 4.78 is 21.3. The third-order valence-corrected chi connectivity index (χ3v) is 5.98. The van der Waals surface area contributed by atoms with Crippen LogP contribution < -0.4 is 0 Å². The third kappa shape index (κ3) is 2.82. The molecule has 5 nitrogen and oxygen atoms in total. The van der Waals surface area contributed by atoms with E-state index in [0.717, 1.165) is 36.9 Å². The predicted octanol–water partition coefficient (Wildman–Crippen LogP) is 3.32. The molecule has 6 heteroatoms. The number of hydrogen-bond acceptors (Lipinski definition) is 4. The first-order valence-electron chi connectivity index (χ1n) is 9.16. The van der Waals surface area contributed by atoms with Crippen molar-refractivity contribution >= 4 is 5.97 Å². The molecule has 2 unspecified atom stereocenters. The van der Waals surface area contributed by atoms with Gasteiger partial charge in [-0.25, -0.2) is 9.37 Å². The van der Waals surface area contributed by atoms with Crippen LogP contribution in [0.1, 0.15) is 43.7 Å². The Morgan fingerprint density at radius 1 is 1.38 bits per heavy atom. The molecule has 1 fully saturated rings. The minimum absolute atomic E-state index is 0.0617. The first-order valence-corrected chi connectivity index (χ1v) is 9.16. The SMILES string of the molecule is COC(=O)C1CCC(C(O)CC2c3c(F)cccc3-c3cncn32)CC1. The van der Waals surface area contributed by atoms with Crippen LogP contribution in [0.4, 0.5) is 4.39 Å². The molecule has 1 N–H and O–H groups in total. The van der Waals surface area contributed by atoms with Crippen LogP contribution in [0.2, 0.25) is 0 Å². The van der Waals surface area contributed by atoms with Crippen LogP contribution in [-0.2, 0) is 9.53 Å². The molecular formula is C20H23FN2O3. The molecule has 0 radical (unpaired) electrons. The smallest absolute Gasteiger partial charge is 0.308 e.